The average molecular weight is 769 g/mol. The van der Waals surface area contributed by atoms with Crippen LogP contribution in [0.5, 0.6) is 0 Å². The highest BCUT2D eigenvalue weighted by atomic mass is 15.2. The van der Waals surface area contributed by atoms with Crippen molar-refractivity contribution in [2.24, 2.45) is 0 Å². The predicted molar refractivity (Wildman–Crippen MR) is 247 cm³/mol. The number of aryl methyl sites for hydroxylation is 1. The summed E-state index contributed by atoms with van der Waals surface area (Å²) >= 11 is 0. The molecule has 0 saturated carbocycles. The number of fused-ring (bicyclic) bond motifs is 10. The second kappa shape index (κ2) is 13.3. The summed E-state index contributed by atoms with van der Waals surface area (Å²) in [5.74, 6) is 1.89. The first-order chi connectivity index (χ1) is 29.5. The lowest BCUT2D eigenvalue weighted by Crippen LogP contribution is -2.15. The highest BCUT2D eigenvalue weighted by Gasteiger charge is 2.37. The van der Waals surface area contributed by atoms with Gasteiger partial charge in [-0.15, -0.1) is 0 Å². The normalized spacial score (nSPS) is 13.9. The van der Waals surface area contributed by atoms with E-state index in [1.165, 1.54) is 71.4 Å². The summed E-state index contributed by atoms with van der Waals surface area (Å²) in [5, 5.41) is 6.18. The van der Waals surface area contributed by atoms with Gasteiger partial charge in [-0.05, 0) is 79.6 Å². The van der Waals surface area contributed by atoms with E-state index in [1.807, 2.05) is 18.2 Å². The van der Waals surface area contributed by atoms with Crippen molar-refractivity contribution in [2.75, 3.05) is 0 Å². The fraction of sp³-hybridized carbons (Fsp3) is 0.0893. The Morgan fingerprint density at radius 3 is 1.80 bits per heavy atom. The highest BCUT2D eigenvalue weighted by molar-refractivity contribution is 6.11. The molecule has 4 heteroatoms. The summed E-state index contributed by atoms with van der Waals surface area (Å²) in [6.45, 7) is 4.73. The molecule has 60 heavy (non-hydrogen) atoms. The van der Waals surface area contributed by atoms with Crippen molar-refractivity contribution < 1.29 is 0 Å². The fourth-order valence-corrected chi connectivity index (χ4v) is 10.0. The van der Waals surface area contributed by atoms with Crippen LogP contribution in [-0.2, 0) is 11.8 Å². The monoisotopic (exact) mass is 768 g/mol. The number of benzene rings is 8. The minimum Gasteiger partial charge on any atom is -0.277 e. The van der Waals surface area contributed by atoms with E-state index in [9.17, 15) is 0 Å². The van der Waals surface area contributed by atoms with Gasteiger partial charge in [-0.3, -0.25) is 4.57 Å². The fourth-order valence-electron chi connectivity index (χ4n) is 10.0. The van der Waals surface area contributed by atoms with Crippen molar-refractivity contribution in [3.63, 3.8) is 0 Å². The van der Waals surface area contributed by atoms with Crippen LogP contribution in [0.3, 0.4) is 0 Å². The van der Waals surface area contributed by atoms with Crippen molar-refractivity contribution in [3.8, 4) is 51.0 Å². The van der Waals surface area contributed by atoms with Crippen LogP contribution in [0.25, 0.3) is 89.0 Å². The lowest BCUT2D eigenvalue weighted by atomic mass is 9.81. The maximum absolute atomic E-state index is 5.42. The molecule has 2 heterocycles. The van der Waals surface area contributed by atoms with Crippen molar-refractivity contribution in [1.82, 2.24) is 19.5 Å². The van der Waals surface area contributed by atoms with Gasteiger partial charge in [0.05, 0.1) is 11.2 Å². The quantitative estimate of drug-likeness (QED) is 0.175. The molecule has 2 aliphatic carbocycles. The third-order valence-electron chi connectivity index (χ3n) is 12.9. The first-order valence-corrected chi connectivity index (χ1v) is 20.9. The summed E-state index contributed by atoms with van der Waals surface area (Å²) in [6.07, 6.45) is 4.31. The first-order valence-electron chi connectivity index (χ1n) is 20.9. The van der Waals surface area contributed by atoms with E-state index < -0.39 is 0 Å². The van der Waals surface area contributed by atoms with E-state index in [4.69, 9.17) is 15.0 Å². The second-order valence-electron chi connectivity index (χ2n) is 16.7. The molecular weight excluding hydrogens is 729 g/mol. The molecule has 284 valence electrons. The zero-order valence-corrected chi connectivity index (χ0v) is 33.5. The third-order valence-corrected chi connectivity index (χ3v) is 12.9. The molecule has 0 bridgehead atoms. The Balaban J connectivity index is 1.11. The van der Waals surface area contributed by atoms with E-state index >= 15 is 0 Å². The van der Waals surface area contributed by atoms with Crippen molar-refractivity contribution in [2.45, 2.75) is 32.1 Å². The maximum Gasteiger partial charge on any atom is 0.238 e. The van der Waals surface area contributed by atoms with Gasteiger partial charge >= 0.3 is 0 Å². The molecule has 0 spiro atoms. The minimum atomic E-state index is -0.110. The molecule has 0 N–H and O–H groups in total. The molecule has 0 aliphatic heterocycles. The van der Waals surface area contributed by atoms with Gasteiger partial charge in [0, 0.05) is 32.9 Å². The molecule has 0 unspecified atom stereocenters. The number of rotatable bonds is 5. The maximum atomic E-state index is 5.42. The second-order valence-corrected chi connectivity index (χ2v) is 16.7. The van der Waals surface area contributed by atoms with E-state index in [1.54, 1.807) is 0 Å². The topological polar surface area (TPSA) is 43.6 Å². The SMILES string of the molecule is CC1(C)c2ccc(C3=CCCc4c3n(-c3nc(-c5ccccc5)nc(-c5ccc(-c6ccccc6)cc5)n3)c3c4ccc4ccccc43)cc2-c2c1ccc1ccccc21. The van der Waals surface area contributed by atoms with Crippen LogP contribution in [0, 0.1) is 0 Å². The van der Waals surface area contributed by atoms with Crippen molar-refractivity contribution in [3.05, 3.63) is 210 Å². The zero-order valence-electron chi connectivity index (χ0n) is 33.5. The molecule has 0 saturated heterocycles. The van der Waals surface area contributed by atoms with Gasteiger partial charge in [-0.25, -0.2) is 4.98 Å². The Morgan fingerprint density at radius 2 is 1.05 bits per heavy atom. The van der Waals surface area contributed by atoms with Crippen LogP contribution in [-0.4, -0.2) is 19.5 Å². The van der Waals surface area contributed by atoms with E-state index in [0.717, 1.165) is 40.7 Å². The largest absolute Gasteiger partial charge is 0.277 e. The Bertz CT molecular complexity index is 3370. The number of nitrogens with zero attached hydrogens (tertiary/aromatic N) is 4. The molecule has 10 aromatic rings. The van der Waals surface area contributed by atoms with Gasteiger partial charge in [0.1, 0.15) is 0 Å². The van der Waals surface area contributed by atoms with Crippen LogP contribution in [0.1, 0.15) is 48.2 Å². The van der Waals surface area contributed by atoms with E-state index in [-0.39, 0.29) is 5.41 Å². The summed E-state index contributed by atoms with van der Waals surface area (Å²) in [5.41, 5.74) is 15.5. The van der Waals surface area contributed by atoms with Crippen LogP contribution < -0.4 is 0 Å². The smallest absolute Gasteiger partial charge is 0.238 e. The third kappa shape index (κ3) is 5.27. The van der Waals surface area contributed by atoms with Gasteiger partial charge in [-0.2, -0.15) is 9.97 Å². The van der Waals surface area contributed by atoms with Crippen molar-refractivity contribution >= 4 is 38.0 Å². The molecule has 0 amide bonds. The molecule has 0 atom stereocenters. The number of hydrogen-bond donors (Lipinski definition) is 0. The summed E-state index contributed by atoms with van der Waals surface area (Å²) in [7, 11) is 0. The van der Waals surface area contributed by atoms with E-state index in [2.05, 4.69) is 182 Å². The number of aromatic nitrogens is 4. The molecular formula is C56H40N4. The van der Waals surface area contributed by atoms with Crippen LogP contribution >= 0.6 is 0 Å². The summed E-state index contributed by atoms with van der Waals surface area (Å²) < 4.78 is 2.36. The van der Waals surface area contributed by atoms with Gasteiger partial charge in [0.25, 0.3) is 0 Å². The Kier molecular flexibility index (Phi) is 7.67. The van der Waals surface area contributed by atoms with Crippen LogP contribution in [0.4, 0.5) is 0 Å². The number of allylic oxidation sites excluding steroid dienone is 1. The minimum absolute atomic E-state index is 0.110. The number of hydrogen-bond acceptors (Lipinski definition) is 3. The van der Waals surface area contributed by atoms with Gasteiger partial charge in [0.2, 0.25) is 5.95 Å². The molecule has 0 radical (unpaired) electrons. The lowest BCUT2D eigenvalue weighted by molar-refractivity contribution is 0.661. The van der Waals surface area contributed by atoms with Crippen LogP contribution in [0.2, 0.25) is 0 Å². The lowest BCUT2D eigenvalue weighted by Gasteiger charge is -2.22. The molecule has 4 nitrogen and oxygen atoms in total. The Labute approximate surface area is 349 Å². The van der Waals surface area contributed by atoms with Gasteiger partial charge < -0.3 is 0 Å². The highest BCUT2D eigenvalue weighted by Crippen LogP contribution is 2.53. The van der Waals surface area contributed by atoms with Gasteiger partial charge in [0.15, 0.2) is 11.6 Å². The zero-order chi connectivity index (χ0) is 40.0. The molecule has 2 aliphatic rings. The van der Waals surface area contributed by atoms with Crippen molar-refractivity contribution in [1.29, 1.82) is 0 Å². The Morgan fingerprint density at radius 1 is 0.483 bits per heavy atom. The average Bonchev–Trinajstić information content (AvgIpc) is 3.78. The molecule has 8 aromatic carbocycles. The van der Waals surface area contributed by atoms with E-state index in [0.29, 0.717) is 17.6 Å². The van der Waals surface area contributed by atoms with Gasteiger partial charge in [-0.1, -0.05) is 190 Å². The van der Waals surface area contributed by atoms with Crippen LogP contribution in [0.15, 0.2) is 182 Å². The summed E-state index contributed by atoms with van der Waals surface area (Å²) in [6, 6.07) is 63.3. The Hall–Kier alpha value is -7.43. The summed E-state index contributed by atoms with van der Waals surface area (Å²) in [4.78, 5) is 16.0. The first kappa shape index (κ1) is 34.6. The predicted octanol–water partition coefficient (Wildman–Crippen LogP) is 13.8. The standard InChI is InChI=1S/C56H40N4/c1-56(2)48-32-30-41(34-47(48)50-42-20-11-9-16-37(42)29-33-49(50)56)44-22-13-23-45-46-31-28-38-17-10-12-21-43(38)51(46)60(52(44)45)55-58-53(39-18-7-4-8-19-39)57-54(59-55)40-26-24-36(25-27-40)35-14-5-3-6-15-35/h3-12,14-22,24-34H,13,23H2,1-2H3. The molecule has 2 aromatic heterocycles. The molecule has 0 fully saturated rings. The molecule has 12 rings (SSSR count).